The van der Waals surface area contributed by atoms with E-state index in [0.717, 1.165) is 12.1 Å². The molecule has 0 amide bonds. The summed E-state index contributed by atoms with van der Waals surface area (Å²) in [6, 6.07) is 3.07. The molecular formula is C14H4K3O8-. The maximum atomic E-state index is 11.1. The number of carboxylic acid groups (broad SMARTS) is 4. The van der Waals surface area contributed by atoms with E-state index in [2.05, 4.69) is 0 Å². The molecule has 0 aromatic heterocycles. The smallest absolute Gasteiger partial charge is 0.545 e. The zero-order valence-electron chi connectivity index (χ0n) is 13.6. The molecule has 0 aliphatic carbocycles. The zero-order valence-corrected chi connectivity index (χ0v) is 22.9. The van der Waals surface area contributed by atoms with Gasteiger partial charge in [0.05, 0.1) is 23.9 Å². The molecule has 8 nitrogen and oxygen atoms in total. The van der Waals surface area contributed by atoms with Gasteiger partial charge < -0.3 is 39.6 Å². The number of benzene rings is 2. The van der Waals surface area contributed by atoms with Gasteiger partial charge in [-0.05, 0) is 46.2 Å². The monoisotopic (exact) mass is 417 g/mol. The van der Waals surface area contributed by atoms with E-state index in [-0.39, 0.29) is 165 Å². The summed E-state index contributed by atoms with van der Waals surface area (Å²) in [7, 11) is 0. The summed E-state index contributed by atoms with van der Waals surface area (Å²) in [5, 5.41) is 43.3. The molecule has 0 heterocycles. The molecular weight excluding hydrogens is 413 g/mol. The summed E-state index contributed by atoms with van der Waals surface area (Å²) in [5.74, 6) is -7.10. The Kier molecular flexibility index (Phi) is 13.9. The van der Waals surface area contributed by atoms with Crippen LogP contribution in [0.2, 0.25) is 0 Å². The molecule has 0 aliphatic rings. The minimum Gasteiger partial charge on any atom is -0.545 e. The van der Waals surface area contributed by atoms with Gasteiger partial charge in [0.1, 0.15) is 0 Å². The van der Waals surface area contributed by atoms with E-state index >= 15 is 0 Å². The predicted molar refractivity (Wildman–Crippen MR) is 61.3 cm³/mol. The Labute approximate surface area is 268 Å². The second kappa shape index (κ2) is 12.1. The van der Waals surface area contributed by atoms with Crippen molar-refractivity contribution in [2.45, 2.75) is 0 Å². The maximum Gasteiger partial charge on any atom is 1.00 e. The Balaban J connectivity index is 0. The van der Waals surface area contributed by atoms with Gasteiger partial charge in [-0.25, -0.2) is 0 Å². The number of carbonyl (C=O) groups is 4. The van der Waals surface area contributed by atoms with Crippen LogP contribution in [0.3, 0.4) is 0 Å². The Hall–Kier alpha value is 1.49. The molecule has 0 saturated carbocycles. The SMILES string of the molecule is O=C([O-])c1cc(C(=O)[O-])c2cc(C(=O)[O-])cc(C(=O)[O-])c2c1.[K+].[K+].[K+]. The molecule has 0 bridgehead atoms. The van der Waals surface area contributed by atoms with Crippen LogP contribution in [0.4, 0.5) is 0 Å². The summed E-state index contributed by atoms with van der Waals surface area (Å²) in [6.07, 6.45) is 0. The first-order valence-corrected chi connectivity index (χ1v) is 5.69. The van der Waals surface area contributed by atoms with Crippen molar-refractivity contribution >= 4 is 34.6 Å². The van der Waals surface area contributed by atoms with E-state index in [1.54, 1.807) is 0 Å². The van der Waals surface area contributed by atoms with E-state index < -0.39 is 46.1 Å². The average molecular weight is 417 g/mol. The number of carbonyl (C=O) groups excluding carboxylic acids is 4. The van der Waals surface area contributed by atoms with Crippen LogP contribution in [0.1, 0.15) is 41.4 Å². The Morgan fingerprint density at radius 3 is 1.00 bits per heavy atom. The summed E-state index contributed by atoms with van der Waals surface area (Å²) in [5.41, 5.74) is -2.59. The minimum absolute atomic E-state index is 0. The number of carboxylic acids is 4. The van der Waals surface area contributed by atoms with Crippen molar-refractivity contribution in [3.8, 4) is 0 Å². The van der Waals surface area contributed by atoms with Gasteiger partial charge >= 0.3 is 154 Å². The van der Waals surface area contributed by atoms with Crippen molar-refractivity contribution in [3.05, 3.63) is 46.5 Å². The van der Waals surface area contributed by atoms with Gasteiger partial charge in [-0.3, -0.25) is 0 Å². The molecule has 0 unspecified atom stereocenters. The first-order chi connectivity index (χ1) is 10.2. The first-order valence-electron chi connectivity index (χ1n) is 5.69. The van der Waals surface area contributed by atoms with Crippen LogP contribution >= 0.6 is 0 Å². The molecule has 112 valence electrons. The first kappa shape index (κ1) is 28.7. The van der Waals surface area contributed by atoms with Gasteiger partial charge in [0.15, 0.2) is 0 Å². The van der Waals surface area contributed by atoms with Crippen LogP contribution in [0.15, 0.2) is 24.3 Å². The van der Waals surface area contributed by atoms with Crippen LogP contribution in [-0.2, 0) is 0 Å². The normalized spacial score (nSPS) is 9.12. The number of fused-ring (bicyclic) bond motifs is 1. The molecule has 2 aromatic rings. The van der Waals surface area contributed by atoms with Crippen LogP contribution in [-0.4, -0.2) is 23.9 Å². The summed E-state index contributed by atoms with van der Waals surface area (Å²) >= 11 is 0. The molecule has 0 saturated heterocycles. The van der Waals surface area contributed by atoms with Crippen molar-refractivity contribution < 1.29 is 194 Å². The summed E-state index contributed by atoms with van der Waals surface area (Å²) in [6.45, 7) is 0. The minimum atomic E-state index is -1.81. The molecule has 25 heavy (non-hydrogen) atoms. The van der Waals surface area contributed by atoms with Crippen LogP contribution in [0, 0.1) is 0 Å². The fourth-order valence-corrected chi connectivity index (χ4v) is 2.04. The quantitative estimate of drug-likeness (QED) is 0.443. The second-order valence-electron chi connectivity index (χ2n) is 4.29. The van der Waals surface area contributed by atoms with E-state index in [4.69, 9.17) is 0 Å². The van der Waals surface area contributed by atoms with Crippen molar-refractivity contribution in [2.75, 3.05) is 0 Å². The Bertz CT molecular complexity index is 792. The van der Waals surface area contributed by atoms with Gasteiger partial charge in [0, 0.05) is 11.1 Å². The molecule has 0 atom stereocenters. The molecule has 0 radical (unpaired) electrons. The van der Waals surface area contributed by atoms with Crippen molar-refractivity contribution in [1.29, 1.82) is 0 Å². The van der Waals surface area contributed by atoms with E-state index in [9.17, 15) is 39.6 Å². The van der Waals surface area contributed by atoms with Gasteiger partial charge in [0.25, 0.3) is 0 Å². The van der Waals surface area contributed by atoms with E-state index in [1.807, 2.05) is 0 Å². The second-order valence-corrected chi connectivity index (χ2v) is 4.29. The molecule has 0 N–H and O–H groups in total. The number of hydrogen-bond acceptors (Lipinski definition) is 8. The van der Waals surface area contributed by atoms with Gasteiger partial charge in [-0.2, -0.15) is 0 Å². The molecule has 0 fully saturated rings. The van der Waals surface area contributed by atoms with Gasteiger partial charge in [-0.1, -0.05) is 0 Å². The summed E-state index contributed by atoms with van der Waals surface area (Å²) < 4.78 is 0. The number of hydrogen-bond donors (Lipinski definition) is 0. The third kappa shape index (κ3) is 6.80. The third-order valence-electron chi connectivity index (χ3n) is 2.98. The van der Waals surface area contributed by atoms with Crippen molar-refractivity contribution in [3.63, 3.8) is 0 Å². The standard InChI is InChI=1S/C14H8O8.3K/c15-11(16)5-1-7-8(10(3-5)14(21)22)2-6(12(17)18)4-9(7)13(19)20;;;/h1-4H,(H,15,16)(H,17,18)(H,19,20)(H,21,22);;;/q;3*+1/p-4. The van der Waals surface area contributed by atoms with Gasteiger partial charge in [-0.15, -0.1) is 0 Å². The molecule has 0 spiro atoms. The largest absolute Gasteiger partial charge is 1.00 e. The Morgan fingerprint density at radius 1 is 0.520 bits per heavy atom. The predicted octanol–water partition coefficient (Wildman–Crippen LogP) is -12.7. The van der Waals surface area contributed by atoms with E-state index in [0.29, 0.717) is 12.1 Å². The van der Waals surface area contributed by atoms with Gasteiger partial charge in [0.2, 0.25) is 0 Å². The Morgan fingerprint density at radius 2 is 0.800 bits per heavy atom. The van der Waals surface area contributed by atoms with Crippen LogP contribution in [0.25, 0.3) is 10.8 Å². The van der Waals surface area contributed by atoms with Crippen molar-refractivity contribution in [1.82, 2.24) is 0 Å². The molecule has 11 heteroatoms. The topological polar surface area (TPSA) is 161 Å². The zero-order chi connectivity index (χ0) is 16.6. The summed E-state index contributed by atoms with van der Waals surface area (Å²) in [4.78, 5) is 44.0. The van der Waals surface area contributed by atoms with Crippen LogP contribution < -0.4 is 175 Å². The van der Waals surface area contributed by atoms with Crippen molar-refractivity contribution in [2.24, 2.45) is 0 Å². The maximum absolute atomic E-state index is 11.1. The molecule has 2 rings (SSSR count). The van der Waals surface area contributed by atoms with Crippen LogP contribution in [0.5, 0.6) is 0 Å². The number of rotatable bonds is 4. The average Bonchev–Trinajstić information content (AvgIpc) is 2.44. The molecule has 0 aliphatic heterocycles. The third-order valence-corrected chi connectivity index (χ3v) is 2.98. The van der Waals surface area contributed by atoms with E-state index in [1.165, 1.54) is 0 Å². The molecule has 2 aromatic carbocycles. The number of aromatic carboxylic acids is 4. The fourth-order valence-electron chi connectivity index (χ4n) is 2.04. The fraction of sp³-hybridized carbons (Fsp3) is 0.